The lowest BCUT2D eigenvalue weighted by Crippen LogP contribution is -2.58. The molecule has 4 nitrogen and oxygen atoms in total. The molecule has 1 spiro atoms. The van der Waals surface area contributed by atoms with Crippen LogP contribution in [0.4, 0.5) is 0 Å². The summed E-state index contributed by atoms with van der Waals surface area (Å²) in [4.78, 5) is 13.8. The number of nitrogens with zero attached hydrogens (tertiary/aromatic N) is 1. The number of aliphatic carboxylic acids is 1. The number of carboxylic acids is 1. The molecule has 2 N–H and O–H groups in total. The van der Waals surface area contributed by atoms with Crippen molar-refractivity contribution < 1.29 is 9.90 Å². The Kier molecular flexibility index (Phi) is 4.51. The third-order valence-corrected chi connectivity index (χ3v) is 5.16. The van der Waals surface area contributed by atoms with Crippen LogP contribution in [-0.2, 0) is 4.79 Å². The molecule has 1 heterocycles. The van der Waals surface area contributed by atoms with Gasteiger partial charge >= 0.3 is 5.97 Å². The van der Waals surface area contributed by atoms with Crippen LogP contribution < -0.4 is 5.32 Å². The summed E-state index contributed by atoms with van der Waals surface area (Å²) in [5.41, 5.74) is -0.205. The predicted octanol–water partition coefficient (Wildman–Crippen LogP) is 2.10. The molecule has 4 heteroatoms. The summed E-state index contributed by atoms with van der Waals surface area (Å²) in [6.07, 6.45) is 8.09. The number of nitrogens with one attached hydrogen (secondary N) is 1. The summed E-state index contributed by atoms with van der Waals surface area (Å²) >= 11 is 0. The molecule has 19 heavy (non-hydrogen) atoms. The highest BCUT2D eigenvalue weighted by Crippen LogP contribution is 2.46. The largest absolute Gasteiger partial charge is 0.480 e. The van der Waals surface area contributed by atoms with Gasteiger partial charge < -0.3 is 15.3 Å². The number of likely N-dealkylation sites (N-methyl/N-ethyl adjacent to an activating group) is 1. The molecule has 1 atom stereocenters. The Balaban J connectivity index is 1.88. The quantitative estimate of drug-likeness (QED) is 0.802. The van der Waals surface area contributed by atoms with Gasteiger partial charge in [0.2, 0.25) is 0 Å². The number of carboxylic acid groups (broad SMARTS) is 1. The smallest absolute Gasteiger partial charge is 0.324 e. The van der Waals surface area contributed by atoms with Gasteiger partial charge in [0, 0.05) is 6.54 Å². The zero-order valence-electron chi connectivity index (χ0n) is 12.4. The molecule has 1 saturated carbocycles. The molecular formula is C15H28N2O2. The van der Waals surface area contributed by atoms with Crippen molar-refractivity contribution in [3.05, 3.63) is 0 Å². The zero-order chi connectivity index (χ0) is 13.9. The molecule has 110 valence electrons. The fraction of sp³-hybridized carbons (Fsp3) is 0.933. The van der Waals surface area contributed by atoms with Crippen molar-refractivity contribution >= 4 is 5.97 Å². The first-order valence-corrected chi connectivity index (χ1v) is 7.70. The minimum absolute atomic E-state index is 0.605. The van der Waals surface area contributed by atoms with Gasteiger partial charge in [-0.1, -0.05) is 19.8 Å². The van der Waals surface area contributed by atoms with Crippen molar-refractivity contribution in [3.63, 3.8) is 0 Å². The molecule has 0 aromatic heterocycles. The summed E-state index contributed by atoms with van der Waals surface area (Å²) in [5, 5.41) is 12.5. The first kappa shape index (κ1) is 14.8. The third-order valence-electron chi connectivity index (χ3n) is 5.16. The average Bonchev–Trinajstić information content (AvgIpc) is 2.81. The molecule has 1 saturated heterocycles. The van der Waals surface area contributed by atoms with Crippen molar-refractivity contribution in [2.24, 2.45) is 5.41 Å². The van der Waals surface area contributed by atoms with Gasteiger partial charge in [0.05, 0.1) is 0 Å². The Morgan fingerprint density at radius 2 is 1.84 bits per heavy atom. The van der Waals surface area contributed by atoms with Crippen molar-refractivity contribution in [3.8, 4) is 0 Å². The van der Waals surface area contributed by atoms with E-state index < -0.39 is 11.5 Å². The van der Waals surface area contributed by atoms with Crippen LogP contribution in [0.1, 0.15) is 52.4 Å². The average molecular weight is 268 g/mol. The SMILES string of the molecule is CCNC(C)(CN1CCC2(CCCC2)CC1)C(=O)O. The standard InChI is InChI=1S/C15H28N2O2/c1-3-16-14(2,13(18)19)12-17-10-8-15(9-11-17)6-4-5-7-15/h16H,3-12H2,1-2H3,(H,18,19). The fourth-order valence-electron chi connectivity index (χ4n) is 3.85. The van der Waals surface area contributed by atoms with Crippen LogP contribution in [-0.4, -0.2) is 47.7 Å². The zero-order valence-corrected chi connectivity index (χ0v) is 12.4. The molecule has 0 bridgehead atoms. The van der Waals surface area contributed by atoms with Crippen molar-refractivity contribution in [2.45, 2.75) is 57.9 Å². The van der Waals surface area contributed by atoms with E-state index in [1.165, 1.54) is 38.5 Å². The second-order valence-corrected chi connectivity index (χ2v) is 6.65. The minimum Gasteiger partial charge on any atom is -0.480 e. The lowest BCUT2D eigenvalue weighted by molar-refractivity contribution is -0.145. The lowest BCUT2D eigenvalue weighted by atomic mass is 9.77. The first-order valence-electron chi connectivity index (χ1n) is 7.70. The second-order valence-electron chi connectivity index (χ2n) is 6.65. The van der Waals surface area contributed by atoms with Crippen LogP contribution in [0.3, 0.4) is 0 Å². The maximum Gasteiger partial charge on any atom is 0.324 e. The van der Waals surface area contributed by atoms with E-state index >= 15 is 0 Å². The minimum atomic E-state index is -0.811. The van der Waals surface area contributed by atoms with Crippen LogP contribution in [0.2, 0.25) is 0 Å². The summed E-state index contributed by atoms with van der Waals surface area (Å²) in [6, 6.07) is 0. The molecule has 1 unspecified atom stereocenters. The van der Waals surface area contributed by atoms with E-state index in [9.17, 15) is 9.90 Å². The van der Waals surface area contributed by atoms with Crippen LogP contribution in [0.15, 0.2) is 0 Å². The van der Waals surface area contributed by atoms with Gasteiger partial charge in [-0.05, 0) is 57.7 Å². The van der Waals surface area contributed by atoms with Crippen LogP contribution >= 0.6 is 0 Å². The molecule has 1 aliphatic heterocycles. The Hall–Kier alpha value is -0.610. The van der Waals surface area contributed by atoms with Gasteiger partial charge in [0.15, 0.2) is 0 Å². The van der Waals surface area contributed by atoms with Gasteiger partial charge in [0.1, 0.15) is 5.54 Å². The number of hydrogen-bond donors (Lipinski definition) is 2. The van der Waals surface area contributed by atoms with E-state index in [-0.39, 0.29) is 0 Å². The van der Waals surface area contributed by atoms with Crippen molar-refractivity contribution in [1.29, 1.82) is 0 Å². The van der Waals surface area contributed by atoms with Gasteiger partial charge in [-0.15, -0.1) is 0 Å². The van der Waals surface area contributed by atoms with Crippen molar-refractivity contribution in [1.82, 2.24) is 10.2 Å². The van der Waals surface area contributed by atoms with Gasteiger partial charge in [-0.25, -0.2) is 0 Å². The van der Waals surface area contributed by atoms with Crippen LogP contribution in [0, 0.1) is 5.41 Å². The summed E-state index contributed by atoms with van der Waals surface area (Å²) in [6.45, 7) is 7.21. The first-order chi connectivity index (χ1) is 9.00. The Labute approximate surface area is 116 Å². The highest BCUT2D eigenvalue weighted by atomic mass is 16.4. The molecule has 0 aromatic carbocycles. The molecule has 0 aromatic rings. The highest BCUT2D eigenvalue weighted by molar-refractivity contribution is 5.78. The molecular weight excluding hydrogens is 240 g/mol. The van der Waals surface area contributed by atoms with E-state index in [1.54, 1.807) is 6.92 Å². The number of piperidine rings is 1. The molecule has 2 rings (SSSR count). The van der Waals surface area contributed by atoms with Crippen molar-refractivity contribution in [2.75, 3.05) is 26.2 Å². The predicted molar refractivity (Wildman–Crippen MR) is 76.3 cm³/mol. The number of carbonyl (C=O) groups is 1. The van der Waals surface area contributed by atoms with Gasteiger partial charge in [0.25, 0.3) is 0 Å². The van der Waals surface area contributed by atoms with E-state index in [0.717, 1.165) is 13.1 Å². The monoisotopic (exact) mass is 268 g/mol. The lowest BCUT2D eigenvalue weighted by Gasteiger charge is -2.42. The van der Waals surface area contributed by atoms with Crippen LogP contribution in [0.5, 0.6) is 0 Å². The normalized spacial score (nSPS) is 26.4. The summed E-state index contributed by atoms with van der Waals surface area (Å²) in [7, 11) is 0. The van der Waals surface area contributed by atoms with Crippen LogP contribution in [0.25, 0.3) is 0 Å². The fourth-order valence-corrected chi connectivity index (χ4v) is 3.85. The van der Waals surface area contributed by atoms with E-state index in [4.69, 9.17) is 0 Å². The second kappa shape index (κ2) is 5.80. The maximum atomic E-state index is 11.4. The molecule has 0 radical (unpaired) electrons. The number of likely N-dealkylation sites (tertiary alicyclic amines) is 1. The highest BCUT2D eigenvalue weighted by Gasteiger charge is 2.40. The Morgan fingerprint density at radius 3 is 2.32 bits per heavy atom. The molecule has 2 fully saturated rings. The third kappa shape index (κ3) is 3.29. The molecule has 0 amide bonds. The van der Waals surface area contributed by atoms with E-state index in [1.807, 2.05) is 6.92 Å². The Morgan fingerprint density at radius 1 is 1.26 bits per heavy atom. The van der Waals surface area contributed by atoms with Gasteiger partial charge in [-0.2, -0.15) is 0 Å². The summed E-state index contributed by atoms with van der Waals surface area (Å²) in [5.74, 6) is -0.740. The maximum absolute atomic E-state index is 11.4. The molecule has 2 aliphatic rings. The summed E-state index contributed by atoms with van der Waals surface area (Å²) < 4.78 is 0. The Bertz CT molecular complexity index is 316. The van der Waals surface area contributed by atoms with Gasteiger partial charge in [-0.3, -0.25) is 4.79 Å². The number of hydrogen-bond acceptors (Lipinski definition) is 3. The topological polar surface area (TPSA) is 52.6 Å². The number of rotatable bonds is 5. The van der Waals surface area contributed by atoms with E-state index in [2.05, 4.69) is 10.2 Å². The van der Waals surface area contributed by atoms with E-state index in [0.29, 0.717) is 18.5 Å². The molecule has 1 aliphatic carbocycles.